The normalized spacial score (nSPS) is 26.7. The van der Waals surface area contributed by atoms with Crippen molar-refractivity contribution in [2.75, 3.05) is 0 Å². The fourth-order valence-electron chi connectivity index (χ4n) is 5.43. The van der Waals surface area contributed by atoms with Crippen molar-refractivity contribution in [3.8, 4) is 5.75 Å². The predicted molar refractivity (Wildman–Crippen MR) is 120 cm³/mol. The Morgan fingerprint density at radius 3 is 2.52 bits per heavy atom. The van der Waals surface area contributed by atoms with Gasteiger partial charge in [-0.05, 0) is 62.1 Å². The molecule has 31 heavy (non-hydrogen) atoms. The summed E-state index contributed by atoms with van der Waals surface area (Å²) in [4.78, 5) is 31.5. The summed E-state index contributed by atoms with van der Waals surface area (Å²) < 4.78 is 6.00. The summed E-state index contributed by atoms with van der Waals surface area (Å²) in [6, 6.07) is 6.91. The van der Waals surface area contributed by atoms with Gasteiger partial charge >= 0.3 is 5.97 Å². The molecule has 1 N–H and O–H groups in total. The summed E-state index contributed by atoms with van der Waals surface area (Å²) in [6.45, 7) is 6.02. The Hall–Kier alpha value is -2.43. The second-order valence-electron chi connectivity index (χ2n) is 10.2. The highest BCUT2D eigenvalue weighted by atomic mass is 16.5. The maximum absolute atomic E-state index is 13.5. The van der Waals surface area contributed by atoms with Crippen LogP contribution in [0, 0.1) is 11.3 Å². The number of carbonyl (C=O) groups is 2. The van der Waals surface area contributed by atoms with Gasteiger partial charge in [0.15, 0.2) is 5.78 Å². The Bertz CT molecular complexity index is 934. The van der Waals surface area contributed by atoms with Crippen LogP contribution >= 0.6 is 0 Å². The van der Waals surface area contributed by atoms with Gasteiger partial charge in [0.25, 0.3) is 0 Å². The summed E-state index contributed by atoms with van der Waals surface area (Å²) in [6.07, 6.45) is 7.38. The van der Waals surface area contributed by atoms with E-state index in [1.54, 1.807) is 18.2 Å². The number of aliphatic imine (C=N–C) groups is 1. The van der Waals surface area contributed by atoms with Gasteiger partial charge in [0.1, 0.15) is 17.8 Å². The molecule has 3 aliphatic rings. The molecule has 1 aliphatic heterocycles. The number of phenolic OH excluding ortho intramolecular Hbond substituents is 1. The fourth-order valence-corrected chi connectivity index (χ4v) is 5.43. The number of ketones is 1. The molecule has 4 rings (SSSR count). The molecule has 1 aromatic rings. The lowest BCUT2D eigenvalue weighted by Gasteiger charge is -2.39. The number of carbonyl (C=O) groups excluding carboxylic acids is 2. The SMILES string of the molecule is CC1=NC2=C(C(=O)CC(C)(C)C2)[C@H](c2cccc(O)c2)C1C(=O)OC1CCCCCC1. The zero-order valence-corrected chi connectivity index (χ0v) is 18.8. The molecule has 1 fully saturated rings. The number of ether oxygens (including phenoxy) is 1. The van der Waals surface area contributed by atoms with E-state index in [1.165, 1.54) is 12.8 Å². The Kier molecular flexibility index (Phi) is 6.05. The second kappa shape index (κ2) is 8.60. The molecule has 0 spiro atoms. The van der Waals surface area contributed by atoms with E-state index in [1.807, 2.05) is 13.0 Å². The maximum Gasteiger partial charge on any atom is 0.315 e. The fraction of sp³-hybridized carbons (Fsp3) is 0.577. The van der Waals surface area contributed by atoms with E-state index in [9.17, 15) is 14.7 Å². The van der Waals surface area contributed by atoms with Gasteiger partial charge in [0.2, 0.25) is 0 Å². The molecule has 2 atom stereocenters. The summed E-state index contributed by atoms with van der Waals surface area (Å²) in [7, 11) is 0. The number of nitrogens with zero attached hydrogens (tertiary/aromatic N) is 1. The molecule has 0 radical (unpaired) electrons. The monoisotopic (exact) mass is 423 g/mol. The quantitative estimate of drug-likeness (QED) is 0.516. The van der Waals surface area contributed by atoms with E-state index in [-0.39, 0.29) is 29.0 Å². The van der Waals surface area contributed by atoms with Crippen LogP contribution in [0.15, 0.2) is 40.5 Å². The molecule has 0 bridgehead atoms. The van der Waals surface area contributed by atoms with Crippen molar-refractivity contribution in [1.29, 1.82) is 0 Å². The summed E-state index contributed by atoms with van der Waals surface area (Å²) in [5.74, 6) is -1.25. The molecule has 2 aliphatic carbocycles. The Morgan fingerprint density at radius 2 is 1.84 bits per heavy atom. The largest absolute Gasteiger partial charge is 0.508 e. The van der Waals surface area contributed by atoms with Crippen molar-refractivity contribution >= 4 is 17.5 Å². The molecule has 1 unspecified atom stereocenters. The van der Waals surface area contributed by atoms with E-state index in [0.29, 0.717) is 24.1 Å². The first-order chi connectivity index (χ1) is 14.7. The predicted octanol–water partition coefficient (Wildman–Crippen LogP) is 5.48. The standard InChI is InChI=1S/C26H33NO4/c1-16-22(25(30)31-19-11-6-4-5-7-12-19)23(17-9-8-10-18(28)13-17)24-20(27-16)14-26(2,3)15-21(24)29/h8-10,13,19,22-23,28H,4-7,11-12,14-15H2,1-3H3/t22?,23-/m1/s1. The van der Waals surface area contributed by atoms with Gasteiger partial charge in [0.05, 0.1) is 0 Å². The number of aromatic hydroxyl groups is 1. The molecule has 0 aromatic heterocycles. The van der Waals surface area contributed by atoms with Gasteiger partial charge < -0.3 is 9.84 Å². The molecule has 1 aromatic carbocycles. The third-order valence-corrected chi connectivity index (χ3v) is 6.87. The number of Topliss-reactive ketones (excluding diaryl/α,β-unsaturated/α-hetero) is 1. The van der Waals surface area contributed by atoms with Crippen molar-refractivity contribution in [2.24, 2.45) is 16.3 Å². The van der Waals surface area contributed by atoms with Crippen LogP contribution in [-0.2, 0) is 14.3 Å². The Balaban J connectivity index is 1.73. The van der Waals surface area contributed by atoms with Gasteiger partial charge in [0, 0.05) is 29.3 Å². The number of esters is 1. The first kappa shape index (κ1) is 21.8. The molecule has 1 heterocycles. The van der Waals surface area contributed by atoms with Crippen molar-refractivity contribution in [3.05, 3.63) is 41.1 Å². The van der Waals surface area contributed by atoms with Crippen molar-refractivity contribution in [1.82, 2.24) is 0 Å². The molecule has 0 saturated heterocycles. The van der Waals surface area contributed by atoms with Crippen molar-refractivity contribution < 1.29 is 19.4 Å². The average molecular weight is 424 g/mol. The third kappa shape index (κ3) is 4.60. The van der Waals surface area contributed by atoms with Gasteiger partial charge in [-0.15, -0.1) is 0 Å². The first-order valence-electron chi connectivity index (χ1n) is 11.6. The van der Waals surface area contributed by atoms with Gasteiger partial charge in [-0.25, -0.2) is 0 Å². The zero-order chi connectivity index (χ0) is 22.2. The second-order valence-corrected chi connectivity index (χ2v) is 10.2. The zero-order valence-electron chi connectivity index (χ0n) is 18.8. The highest BCUT2D eigenvalue weighted by Crippen LogP contribution is 2.48. The van der Waals surface area contributed by atoms with Crippen LogP contribution in [0.1, 0.15) is 83.6 Å². The number of hydrogen-bond acceptors (Lipinski definition) is 5. The highest BCUT2D eigenvalue weighted by Gasteiger charge is 2.46. The van der Waals surface area contributed by atoms with Crippen LogP contribution in [0.5, 0.6) is 5.75 Å². The Morgan fingerprint density at radius 1 is 1.13 bits per heavy atom. The third-order valence-electron chi connectivity index (χ3n) is 6.87. The minimum absolute atomic E-state index is 0.0445. The lowest BCUT2D eigenvalue weighted by atomic mass is 9.67. The van der Waals surface area contributed by atoms with Crippen LogP contribution in [0.4, 0.5) is 0 Å². The number of hydrogen-bond donors (Lipinski definition) is 1. The van der Waals surface area contributed by atoms with E-state index < -0.39 is 11.8 Å². The van der Waals surface area contributed by atoms with Crippen LogP contribution in [0.25, 0.3) is 0 Å². The number of benzene rings is 1. The maximum atomic E-state index is 13.5. The molecular formula is C26H33NO4. The van der Waals surface area contributed by atoms with Crippen molar-refractivity contribution in [2.45, 2.75) is 84.2 Å². The highest BCUT2D eigenvalue weighted by molar-refractivity contribution is 6.09. The number of phenols is 1. The molecule has 5 heteroatoms. The number of rotatable bonds is 3. The lowest BCUT2D eigenvalue weighted by Crippen LogP contribution is -2.40. The molecular weight excluding hydrogens is 390 g/mol. The van der Waals surface area contributed by atoms with Crippen molar-refractivity contribution in [3.63, 3.8) is 0 Å². The minimum atomic E-state index is -0.644. The van der Waals surface area contributed by atoms with Gasteiger partial charge in [-0.1, -0.05) is 38.8 Å². The first-order valence-corrected chi connectivity index (χ1v) is 11.6. The van der Waals surface area contributed by atoms with Crippen LogP contribution in [0.2, 0.25) is 0 Å². The summed E-state index contributed by atoms with van der Waals surface area (Å²) in [5.41, 5.74) is 2.70. The number of allylic oxidation sites excluding steroid dienone is 2. The smallest absolute Gasteiger partial charge is 0.315 e. The van der Waals surface area contributed by atoms with E-state index in [4.69, 9.17) is 9.73 Å². The molecule has 0 amide bonds. The lowest BCUT2D eigenvalue weighted by molar-refractivity contribution is -0.152. The molecule has 1 saturated carbocycles. The van der Waals surface area contributed by atoms with E-state index in [2.05, 4.69) is 13.8 Å². The van der Waals surface area contributed by atoms with Crippen LogP contribution in [0.3, 0.4) is 0 Å². The van der Waals surface area contributed by atoms with Gasteiger partial charge in [-0.2, -0.15) is 0 Å². The van der Waals surface area contributed by atoms with Crippen LogP contribution in [-0.4, -0.2) is 28.7 Å². The van der Waals surface area contributed by atoms with E-state index >= 15 is 0 Å². The topological polar surface area (TPSA) is 76.0 Å². The Labute approximate surface area is 184 Å². The van der Waals surface area contributed by atoms with E-state index in [0.717, 1.165) is 36.9 Å². The summed E-state index contributed by atoms with van der Waals surface area (Å²) in [5, 5.41) is 10.1. The summed E-state index contributed by atoms with van der Waals surface area (Å²) >= 11 is 0. The van der Waals surface area contributed by atoms with Crippen LogP contribution < -0.4 is 0 Å². The minimum Gasteiger partial charge on any atom is -0.508 e. The molecule has 166 valence electrons. The average Bonchev–Trinajstić information content (AvgIpc) is 2.94. The van der Waals surface area contributed by atoms with Gasteiger partial charge in [-0.3, -0.25) is 14.6 Å². The molecule has 5 nitrogen and oxygen atoms in total.